The molecule has 3 rings (SSSR count). The molecule has 1 aliphatic carbocycles. The summed E-state index contributed by atoms with van der Waals surface area (Å²) in [6.07, 6.45) is 0.0216. The summed E-state index contributed by atoms with van der Waals surface area (Å²) in [4.78, 5) is 53.7. The Morgan fingerprint density at radius 2 is 1.71 bits per heavy atom. The van der Waals surface area contributed by atoms with Crippen molar-refractivity contribution in [1.82, 2.24) is 10.2 Å². The Balaban J connectivity index is 2.01. The van der Waals surface area contributed by atoms with E-state index in [1.165, 1.54) is 4.90 Å². The smallest absolute Gasteiger partial charge is 0.408 e. The van der Waals surface area contributed by atoms with Crippen molar-refractivity contribution in [2.24, 2.45) is 5.73 Å². The number of aryl methyl sites for hydroxylation is 2. The highest BCUT2D eigenvalue weighted by Crippen LogP contribution is 2.37. The summed E-state index contributed by atoms with van der Waals surface area (Å²) in [5.74, 6) is -1.85. The van der Waals surface area contributed by atoms with Gasteiger partial charge in [0.1, 0.15) is 17.7 Å². The molecule has 0 aliphatic heterocycles. The van der Waals surface area contributed by atoms with E-state index in [2.05, 4.69) is 10.6 Å². The number of nitrogens with one attached hydrogen (secondary N) is 2. The van der Waals surface area contributed by atoms with Crippen LogP contribution in [0.5, 0.6) is 0 Å². The molecule has 10 heteroatoms. The van der Waals surface area contributed by atoms with Gasteiger partial charge in [-0.05, 0) is 64.7 Å². The summed E-state index contributed by atoms with van der Waals surface area (Å²) < 4.78 is 5.30. The maximum Gasteiger partial charge on any atom is 0.408 e. The van der Waals surface area contributed by atoms with Crippen LogP contribution in [0.4, 0.5) is 10.5 Å². The van der Waals surface area contributed by atoms with E-state index < -0.39 is 47.9 Å². The van der Waals surface area contributed by atoms with Crippen molar-refractivity contribution in [1.29, 1.82) is 0 Å². The van der Waals surface area contributed by atoms with E-state index in [1.54, 1.807) is 45.0 Å². The molecule has 0 aromatic heterocycles. The van der Waals surface area contributed by atoms with Gasteiger partial charge in [0, 0.05) is 6.04 Å². The van der Waals surface area contributed by atoms with Crippen LogP contribution in [0.3, 0.4) is 0 Å². The van der Waals surface area contributed by atoms with E-state index >= 15 is 0 Å². The molecule has 1 fully saturated rings. The normalized spacial score (nSPS) is 14.7. The quantitative estimate of drug-likeness (QED) is 0.432. The van der Waals surface area contributed by atoms with Crippen molar-refractivity contribution in [2.45, 2.75) is 77.6 Å². The molecular formula is C28H35ClN4O5. The first-order chi connectivity index (χ1) is 17.8. The third kappa shape index (κ3) is 7.71. The molecule has 9 nitrogen and oxygen atoms in total. The zero-order valence-corrected chi connectivity index (χ0v) is 23.1. The minimum atomic E-state index is -1.31. The van der Waals surface area contributed by atoms with Gasteiger partial charge in [-0.1, -0.05) is 53.6 Å². The molecule has 0 radical (unpaired) electrons. The number of alkyl carbamates (subject to hydrolysis) is 1. The van der Waals surface area contributed by atoms with Crippen LogP contribution in [0, 0.1) is 13.8 Å². The first kappa shape index (κ1) is 29.0. The van der Waals surface area contributed by atoms with Crippen LogP contribution < -0.4 is 16.4 Å². The molecule has 0 saturated heterocycles. The standard InChI is InChI=1S/C28H35ClN4O5/c1-16-9-11-18(12-10-16)24(25(35)32-23-17(2)7-6-8-20(23)29)33(19-13-14-19)26(36)21(15-22(30)34)31-27(37)38-28(3,4)5/h6-12,19,21,24H,13-15H2,1-5H3,(H2,30,34)(H,31,37)(H,32,35). The molecule has 1 saturated carbocycles. The van der Waals surface area contributed by atoms with Gasteiger partial charge in [0.2, 0.25) is 11.8 Å². The van der Waals surface area contributed by atoms with Gasteiger partial charge in [-0.2, -0.15) is 0 Å². The molecule has 2 aromatic rings. The van der Waals surface area contributed by atoms with E-state index in [0.717, 1.165) is 11.1 Å². The van der Waals surface area contributed by atoms with Crippen LogP contribution in [0.15, 0.2) is 42.5 Å². The van der Waals surface area contributed by atoms with Crippen LogP contribution in [0.2, 0.25) is 5.02 Å². The van der Waals surface area contributed by atoms with Crippen LogP contribution in [-0.2, 0) is 19.1 Å². The highest BCUT2D eigenvalue weighted by molar-refractivity contribution is 6.34. The first-order valence-corrected chi connectivity index (χ1v) is 12.9. The number of rotatable bonds is 9. The molecule has 2 aromatic carbocycles. The largest absolute Gasteiger partial charge is 0.444 e. The summed E-state index contributed by atoms with van der Waals surface area (Å²) >= 11 is 6.37. The molecule has 0 heterocycles. The Hall–Kier alpha value is -3.59. The lowest BCUT2D eigenvalue weighted by molar-refractivity contribution is -0.142. The molecule has 2 unspecified atom stereocenters. The van der Waals surface area contributed by atoms with E-state index in [0.29, 0.717) is 29.1 Å². The molecule has 38 heavy (non-hydrogen) atoms. The average molecular weight is 543 g/mol. The second kappa shape index (κ2) is 11.9. The van der Waals surface area contributed by atoms with Crippen molar-refractivity contribution in [2.75, 3.05) is 5.32 Å². The molecule has 4 N–H and O–H groups in total. The predicted molar refractivity (Wildman–Crippen MR) is 146 cm³/mol. The number of anilines is 1. The van der Waals surface area contributed by atoms with E-state index in [4.69, 9.17) is 22.1 Å². The fourth-order valence-corrected chi connectivity index (χ4v) is 4.34. The lowest BCUT2D eigenvalue weighted by Gasteiger charge is -2.34. The van der Waals surface area contributed by atoms with E-state index in [1.807, 2.05) is 32.0 Å². The average Bonchev–Trinajstić information content (AvgIpc) is 3.63. The lowest BCUT2D eigenvalue weighted by atomic mass is 10.00. The third-order valence-corrected chi connectivity index (χ3v) is 6.29. The number of carbonyl (C=O) groups excluding carboxylic acids is 4. The number of hydrogen-bond acceptors (Lipinski definition) is 5. The predicted octanol–water partition coefficient (Wildman–Crippen LogP) is 4.40. The Morgan fingerprint density at radius 1 is 1.08 bits per heavy atom. The number of hydrogen-bond donors (Lipinski definition) is 3. The SMILES string of the molecule is Cc1ccc(C(C(=O)Nc2c(C)cccc2Cl)N(C(=O)C(CC(N)=O)NC(=O)OC(C)(C)C)C2CC2)cc1. The number of nitrogens with two attached hydrogens (primary N) is 1. The molecule has 1 aliphatic rings. The Kier molecular flexibility index (Phi) is 9.04. The number of ether oxygens (including phenoxy) is 1. The summed E-state index contributed by atoms with van der Waals surface area (Å²) in [6.45, 7) is 8.79. The number of primary amides is 1. The second-order valence-corrected chi connectivity index (χ2v) is 11.0. The van der Waals surface area contributed by atoms with Crippen molar-refractivity contribution in [3.63, 3.8) is 0 Å². The second-order valence-electron chi connectivity index (χ2n) is 10.6. The van der Waals surface area contributed by atoms with Gasteiger partial charge in [-0.15, -0.1) is 0 Å². The van der Waals surface area contributed by atoms with Gasteiger partial charge >= 0.3 is 6.09 Å². The molecule has 0 bridgehead atoms. The van der Waals surface area contributed by atoms with Crippen molar-refractivity contribution >= 4 is 41.1 Å². The van der Waals surface area contributed by atoms with Gasteiger partial charge in [-0.3, -0.25) is 14.4 Å². The van der Waals surface area contributed by atoms with Crippen LogP contribution in [0.1, 0.15) is 62.8 Å². The van der Waals surface area contributed by atoms with Crippen LogP contribution in [0.25, 0.3) is 0 Å². The maximum atomic E-state index is 14.0. The number of nitrogens with zero attached hydrogens (tertiary/aromatic N) is 1. The first-order valence-electron chi connectivity index (χ1n) is 12.5. The van der Waals surface area contributed by atoms with Crippen molar-refractivity contribution < 1.29 is 23.9 Å². The monoisotopic (exact) mass is 542 g/mol. The molecule has 0 spiro atoms. The fourth-order valence-electron chi connectivity index (χ4n) is 4.07. The van der Waals surface area contributed by atoms with Crippen molar-refractivity contribution in [3.8, 4) is 0 Å². The number of halogens is 1. The van der Waals surface area contributed by atoms with E-state index in [9.17, 15) is 19.2 Å². The number of para-hydroxylation sites is 1. The summed E-state index contributed by atoms with van der Waals surface area (Å²) in [5.41, 5.74) is 7.37. The molecular weight excluding hydrogens is 508 g/mol. The summed E-state index contributed by atoms with van der Waals surface area (Å²) in [5, 5.41) is 5.74. The number of amides is 4. The van der Waals surface area contributed by atoms with Gasteiger partial charge in [-0.25, -0.2) is 4.79 Å². The highest BCUT2D eigenvalue weighted by Gasteiger charge is 2.44. The molecule has 204 valence electrons. The van der Waals surface area contributed by atoms with E-state index in [-0.39, 0.29) is 6.04 Å². The molecule has 4 amide bonds. The summed E-state index contributed by atoms with van der Waals surface area (Å²) in [6, 6.07) is 9.91. The van der Waals surface area contributed by atoms with Gasteiger partial charge in [0.05, 0.1) is 17.1 Å². The third-order valence-electron chi connectivity index (χ3n) is 5.98. The van der Waals surface area contributed by atoms with Crippen molar-refractivity contribution in [3.05, 3.63) is 64.2 Å². The van der Waals surface area contributed by atoms with Crippen LogP contribution in [-0.4, -0.2) is 46.4 Å². The van der Waals surface area contributed by atoms with Gasteiger partial charge < -0.3 is 26.0 Å². The zero-order valence-electron chi connectivity index (χ0n) is 22.3. The molecule has 2 atom stereocenters. The van der Waals surface area contributed by atoms with Crippen LogP contribution >= 0.6 is 11.6 Å². The Morgan fingerprint density at radius 3 is 2.24 bits per heavy atom. The maximum absolute atomic E-state index is 14.0. The zero-order chi connectivity index (χ0) is 28.2. The summed E-state index contributed by atoms with van der Waals surface area (Å²) in [7, 11) is 0. The van der Waals surface area contributed by atoms with Gasteiger partial charge in [0.25, 0.3) is 5.91 Å². The fraction of sp³-hybridized carbons (Fsp3) is 0.429. The topological polar surface area (TPSA) is 131 Å². The number of carbonyl (C=O) groups is 4. The minimum absolute atomic E-state index is 0.261. The lowest BCUT2D eigenvalue weighted by Crippen LogP contribution is -2.54. The number of benzene rings is 2. The highest BCUT2D eigenvalue weighted by atomic mass is 35.5. The Labute approximate surface area is 228 Å². The minimum Gasteiger partial charge on any atom is -0.444 e. The van der Waals surface area contributed by atoms with Gasteiger partial charge in [0.15, 0.2) is 0 Å². The Bertz CT molecular complexity index is 1180.